The Morgan fingerprint density at radius 1 is 0.973 bits per heavy atom. The van der Waals surface area contributed by atoms with Crippen LogP contribution < -0.4 is 9.47 Å². The van der Waals surface area contributed by atoms with Gasteiger partial charge in [0.15, 0.2) is 0 Å². The number of benzene rings is 3. The third-order valence-corrected chi connectivity index (χ3v) is 6.00. The van der Waals surface area contributed by atoms with Gasteiger partial charge in [0.1, 0.15) is 17.3 Å². The lowest BCUT2D eigenvalue weighted by Gasteiger charge is -2.26. The van der Waals surface area contributed by atoms with Gasteiger partial charge in [0, 0.05) is 12.1 Å². The average Bonchev–Trinajstić information content (AvgIpc) is 3.13. The van der Waals surface area contributed by atoms with Crippen molar-refractivity contribution < 1.29 is 37.3 Å². The SMILES string of the molecule is CCOc1ccc(/C(O)=C2\C(=O)C(=O)N(Cc3cccc(C(F)(F)F)c3)C2c2cccc(OC)c2)cc1. The molecule has 3 aromatic carbocycles. The minimum atomic E-state index is -4.57. The van der Waals surface area contributed by atoms with E-state index < -0.39 is 35.2 Å². The number of aliphatic hydroxyl groups excluding tert-OH is 1. The maximum absolute atomic E-state index is 13.3. The lowest BCUT2D eigenvalue weighted by Crippen LogP contribution is -2.29. The van der Waals surface area contributed by atoms with E-state index >= 15 is 0 Å². The lowest BCUT2D eigenvalue weighted by molar-refractivity contribution is -0.140. The number of aliphatic hydroxyl groups is 1. The molecule has 9 heteroatoms. The van der Waals surface area contributed by atoms with Crippen molar-refractivity contribution in [3.63, 3.8) is 0 Å². The quantitative estimate of drug-likeness (QED) is 0.249. The van der Waals surface area contributed by atoms with Crippen LogP contribution in [0, 0.1) is 0 Å². The number of hydrogen-bond acceptors (Lipinski definition) is 5. The van der Waals surface area contributed by atoms with Crippen LogP contribution in [0.5, 0.6) is 11.5 Å². The van der Waals surface area contributed by atoms with Crippen molar-refractivity contribution in [3.8, 4) is 11.5 Å². The minimum absolute atomic E-state index is 0.172. The summed E-state index contributed by atoms with van der Waals surface area (Å²) in [6.07, 6.45) is -4.57. The normalized spacial score (nSPS) is 17.2. The predicted octanol–water partition coefficient (Wildman–Crippen LogP) is 5.73. The lowest BCUT2D eigenvalue weighted by atomic mass is 9.95. The first-order valence-corrected chi connectivity index (χ1v) is 11.5. The monoisotopic (exact) mass is 511 g/mol. The van der Waals surface area contributed by atoms with Crippen molar-refractivity contribution >= 4 is 17.4 Å². The molecule has 4 rings (SSSR count). The maximum Gasteiger partial charge on any atom is 0.416 e. The van der Waals surface area contributed by atoms with E-state index in [1.165, 1.54) is 19.2 Å². The topological polar surface area (TPSA) is 76.1 Å². The number of likely N-dealkylation sites (tertiary alicyclic amines) is 1. The molecule has 1 N–H and O–H groups in total. The zero-order valence-electron chi connectivity index (χ0n) is 20.1. The zero-order chi connectivity index (χ0) is 26.7. The van der Waals surface area contributed by atoms with Gasteiger partial charge in [0.05, 0.1) is 30.9 Å². The Morgan fingerprint density at radius 2 is 1.68 bits per heavy atom. The largest absolute Gasteiger partial charge is 0.507 e. The molecule has 1 saturated heterocycles. The first-order valence-electron chi connectivity index (χ1n) is 11.5. The molecule has 6 nitrogen and oxygen atoms in total. The van der Waals surface area contributed by atoms with E-state index in [1.54, 1.807) is 48.5 Å². The summed E-state index contributed by atoms with van der Waals surface area (Å²) in [5, 5.41) is 11.2. The molecule has 1 fully saturated rings. The molecule has 1 atom stereocenters. The van der Waals surface area contributed by atoms with Gasteiger partial charge in [-0.15, -0.1) is 0 Å². The Balaban J connectivity index is 1.82. The average molecular weight is 511 g/mol. The summed E-state index contributed by atoms with van der Waals surface area (Å²) in [5.41, 5.74) is -0.111. The van der Waals surface area contributed by atoms with E-state index in [0.717, 1.165) is 17.0 Å². The summed E-state index contributed by atoms with van der Waals surface area (Å²) in [5.74, 6) is -1.26. The van der Waals surface area contributed by atoms with E-state index in [4.69, 9.17) is 9.47 Å². The Labute approximate surface area is 211 Å². The summed E-state index contributed by atoms with van der Waals surface area (Å²) in [4.78, 5) is 27.5. The zero-order valence-corrected chi connectivity index (χ0v) is 20.1. The van der Waals surface area contributed by atoms with E-state index in [-0.39, 0.29) is 23.2 Å². The molecule has 1 heterocycles. The second kappa shape index (κ2) is 10.4. The van der Waals surface area contributed by atoms with Gasteiger partial charge >= 0.3 is 6.18 Å². The highest BCUT2D eigenvalue weighted by Gasteiger charge is 2.46. The first-order chi connectivity index (χ1) is 17.6. The van der Waals surface area contributed by atoms with Gasteiger partial charge in [-0.05, 0) is 66.6 Å². The highest BCUT2D eigenvalue weighted by atomic mass is 19.4. The molecule has 0 saturated carbocycles. The number of alkyl halides is 3. The van der Waals surface area contributed by atoms with E-state index in [2.05, 4.69) is 0 Å². The number of nitrogens with zero attached hydrogens (tertiary/aromatic N) is 1. The van der Waals surface area contributed by atoms with E-state index in [9.17, 15) is 27.9 Å². The standard InChI is InChI=1S/C28H24F3NO5/c1-3-37-21-12-10-18(11-13-21)25(33)23-24(19-7-5-9-22(15-19)36-2)32(27(35)26(23)34)16-17-6-4-8-20(14-17)28(29,30)31/h4-15,24,33H,3,16H2,1-2H3/b25-23+. The Kier molecular flexibility index (Phi) is 7.24. The van der Waals surface area contributed by atoms with Crippen molar-refractivity contribution in [1.29, 1.82) is 0 Å². The number of ether oxygens (including phenoxy) is 2. The number of hydrogen-bond donors (Lipinski definition) is 1. The molecule has 1 amide bonds. The van der Waals surface area contributed by atoms with Crippen molar-refractivity contribution in [1.82, 2.24) is 4.90 Å². The highest BCUT2D eigenvalue weighted by Crippen LogP contribution is 2.41. The van der Waals surface area contributed by atoms with Crippen molar-refractivity contribution in [2.75, 3.05) is 13.7 Å². The molecule has 192 valence electrons. The van der Waals surface area contributed by atoms with Crippen LogP contribution in [0.1, 0.15) is 35.2 Å². The maximum atomic E-state index is 13.3. The van der Waals surface area contributed by atoms with Crippen LogP contribution in [0.15, 0.2) is 78.4 Å². The first kappa shape index (κ1) is 25.8. The van der Waals surface area contributed by atoms with Crippen LogP contribution in [-0.2, 0) is 22.3 Å². The van der Waals surface area contributed by atoms with Gasteiger partial charge in [-0.2, -0.15) is 13.2 Å². The van der Waals surface area contributed by atoms with Crippen LogP contribution in [-0.4, -0.2) is 35.4 Å². The van der Waals surface area contributed by atoms with E-state index in [1.807, 2.05) is 6.92 Å². The van der Waals surface area contributed by atoms with Crippen molar-refractivity contribution in [3.05, 3.63) is 101 Å². The summed E-state index contributed by atoms with van der Waals surface area (Å²) >= 11 is 0. The second-order valence-electron chi connectivity index (χ2n) is 8.36. The van der Waals surface area contributed by atoms with E-state index in [0.29, 0.717) is 23.7 Å². The Morgan fingerprint density at radius 3 is 2.32 bits per heavy atom. The molecular formula is C28H24F3NO5. The van der Waals surface area contributed by atoms with Crippen LogP contribution in [0.25, 0.3) is 5.76 Å². The van der Waals surface area contributed by atoms with Crippen LogP contribution >= 0.6 is 0 Å². The molecule has 0 spiro atoms. The molecule has 1 unspecified atom stereocenters. The number of amides is 1. The van der Waals surface area contributed by atoms with Crippen LogP contribution in [0.2, 0.25) is 0 Å². The van der Waals surface area contributed by atoms with Gasteiger partial charge in [0.25, 0.3) is 11.7 Å². The molecule has 1 aliphatic rings. The molecule has 1 aliphatic heterocycles. The van der Waals surface area contributed by atoms with Gasteiger partial charge in [-0.1, -0.05) is 24.3 Å². The Hall–Kier alpha value is -4.27. The van der Waals surface area contributed by atoms with Gasteiger partial charge in [0.2, 0.25) is 0 Å². The molecular weight excluding hydrogens is 487 g/mol. The van der Waals surface area contributed by atoms with Crippen molar-refractivity contribution in [2.45, 2.75) is 25.7 Å². The van der Waals surface area contributed by atoms with Gasteiger partial charge in [-0.3, -0.25) is 9.59 Å². The summed E-state index contributed by atoms with van der Waals surface area (Å²) in [6.45, 7) is 1.99. The molecule has 0 aliphatic carbocycles. The fourth-order valence-corrected chi connectivity index (χ4v) is 4.28. The highest BCUT2D eigenvalue weighted by molar-refractivity contribution is 6.46. The van der Waals surface area contributed by atoms with Gasteiger partial charge in [-0.25, -0.2) is 0 Å². The number of carbonyl (C=O) groups excluding carboxylic acids is 2. The molecule has 3 aromatic rings. The number of ketones is 1. The molecule has 37 heavy (non-hydrogen) atoms. The number of Topliss-reactive ketones (excluding diaryl/α,β-unsaturated/α-hetero) is 1. The number of methoxy groups -OCH3 is 1. The summed E-state index contributed by atoms with van der Waals surface area (Å²) in [6, 6.07) is 16.5. The second-order valence-corrected chi connectivity index (χ2v) is 8.36. The fourth-order valence-electron chi connectivity index (χ4n) is 4.28. The molecule has 0 bridgehead atoms. The third kappa shape index (κ3) is 5.30. The fraction of sp³-hybridized carbons (Fsp3) is 0.214. The molecule has 0 radical (unpaired) electrons. The predicted molar refractivity (Wildman–Crippen MR) is 130 cm³/mol. The van der Waals surface area contributed by atoms with Crippen LogP contribution in [0.3, 0.4) is 0 Å². The smallest absolute Gasteiger partial charge is 0.416 e. The summed E-state index contributed by atoms with van der Waals surface area (Å²) in [7, 11) is 1.46. The Bertz CT molecular complexity index is 1350. The van der Waals surface area contributed by atoms with Crippen LogP contribution in [0.4, 0.5) is 13.2 Å². The van der Waals surface area contributed by atoms with Gasteiger partial charge < -0.3 is 19.5 Å². The summed E-state index contributed by atoms with van der Waals surface area (Å²) < 4.78 is 50.5. The number of carbonyl (C=O) groups is 2. The molecule has 0 aromatic heterocycles. The number of rotatable bonds is 7. The minimum Gasteiger partial charge on any atom is -0.507 e. The third-order valence-electron chi connectivity index (χ3n) is 6.00. The number of halogens is 3. The van der Waals surface area contributed by atoms with Crippen molar-refractivity contribution in [2.24, 2.45) is 0 Å².